The fraction of sp³-hybridized carbons (Fsp3) is 0.400. The number of rotatable bonds is 9. The molecule has 2 aromatic carbocycles. The van der Waals surface area contributed by atoms with Gasteiger partial charge in [-0.3, -0.25) is 9.48 Å². The number of hydrogen-bond acceptors (Lipinski definition) is 5. The van der Waals surface area contributed by atoms with Crippen molar-refractivity contribution in [2.24, 2.45) is 14.1 Å². The van der Waals surface area contributed by atoms with Crippen LogP contribution in [0.2, 0.25) is 0 Å². The first-order valence-electron chi connectivity index (χ1n) is 13.2. The molecule has 0 saturated heterocycles. The summed E-state index contributed by atoms with van der Waals surface area (Å²) >= 11 is 0. The SMILES string of the molecule is CNCc1cc(=O)n(C)c2ccc(-c3ccc(F)c(F)c3OCCc3c(C4(OC)CCC4)nn(C)c3C)cc12. The third kappa shape index (κ3) is 4.63. The van der Waals surface area contributed by atoms with E-state index in [1.54, 1.807) is 30.9 Å². The summed E-state index contributed by atoms with van der Waals surface area (Å²) in [6.45, 7) is 2.62. The number of halogens is 2. The number of pyridine rings is 1. The van der Waals surface area contributed by atoms with Crippen LogP contribution in [0.5, 0.6) is 5.75 Å². The molecular formula is C30H34F2N4O3. The predicted octanol–water partition coefficient (Wildman–Crippen LogP) is 4.89. The summed E-state index contributed by atoms with van der Waals surface area (Å²) in [7, 11) is 7.13. The summed E-state index contributed by atoms with van der Waals surface area (Å²) in [5.74, 6) is -2.14. The van der Waals surface area contributed by atoms with Crippen molar-refractivity contribution < 1.29 is 18.3 Å². The zero-order chi connectivity index (χ0) is 27.9. The predicted molar refractivity (Wildman–Crippen MR) is 147 cm³/mol. The van der Waals surface area contributed by atoms with Gasteiger partial charge in [-0.25, -0.2) is 4.39 Å². The van der Waals surface area contributed by atoms with Crippen LogP contribution in [-0.2, 0) is 37.4 Å². The second kappa shape index (κ2) is 10.5. The van der Waals surface area contributed by atoms with Gasteiger partial charge in [0, 0.05) is 62.4 Å². The fourth-order valence-electron chi connectivity index (χ4n) is 5.54. The molecule has 206 valence electrons. The molecule has 39 heavy (non-hydrogen) atoms. The van der Waals surface area contributed by atoms with E-state index in [9.17, 15) is 9.18 Å². The average Bonchev–Trinajstić information content (AvgIpc) is 3.18. The zero-order valence-electron chi connectivity index (χ0n) is 23.0. The van der Waals surface area contributed by atoms with Crippen LogP contribution < -0.4 is 15.6 Å². The standard InChI is InChI=1S/C30H34F2N4O3/c1-18-21(29(34-36(18)4)30(38-5)12-6-13-30)11-14-39-28-22(8-9-24(31)27(28)32)19-7-10-25-23(15-19)20(17-33-2)16-26(37)35(25)3/h7-10,15-16,33H,6,11-14,17H2,1-5H3. The number of fused-ring (bicyclic) bond motifs is 1. The Morgan fingerprint density at radius 3 is 2.56 bits per heavy atom. The molecule has 0 bridgehead atoms. The normalized spacial score (nSPS) is 14.5. The molecule has 9 heteroatoms. The lowest BCUT2D eigenvalue weighted by Crippen LogP contribution is -2.37. The third-order valence-electron chi connectivity index (χ3n) is 8.10. The molecule has 0 aliphatic heterocycles. The van der Waals surface area contributed by atoms with E-state index in [1.807, 2.05) is 37.8 Å². The molecule has 0 atom stereocenters. The van der Waals surface area contributed by atoms with Gasteiger partial charge in [-0.2, -0.15) is 9.49 Å². The first kappa shape index (κ1) is 27.0. The minimum Gasteiger partial charge on any atom is -0.489 e. The number of methoxy groups -OCH3 is 1. The Bertz CT molecular complexity index is 1600. The Balaban J connectivity index is 1.50. The van der Waals surface area contributed by atoms with Gasteiger partial charge in [0.2, 0.25) is 5.82 Å². The molecular weight excluding hydrogens is 502 g/mol. The molecule has 1 aliphatic rings. The Morgan fingerprint density at radius 2 is 1.90 bits per heavy atom. The molecule has 2 aromatic heterocycles. The van der Waals surface area contributed by atoms with E-state index in [-0.39, 0.29) is 17.9 Å². The van der Waals surface area contributed by atoms with E-state index in [1.165, 1.54) is 6.07 Å². The Labute approximate surface area is 226 Å². The number of aryl methyl sites for hydroxylation is 2. The molecule has 7 nitrogen and oxygen atoms in total. The highest BCUT2D eigenvalue weighted by Gasteiger charge is 2.43. The molecule has 1 aliphatic carbocycles. The minimum atomic E-state index is -1.03. The molecule has 0 unspecified atom stereocenters. The van der Waals surface area contributed by atoms with Gasteiger partial charge in [0.1, 0.15) is 5.60 Å². The van der Waals surface area contributed by atoms with Crippen molar-refractivity contribution in [2.45, 2.75) is 44.8 Å². The quantitative estimate of drug-likeness (QED) is 0.330. The third-order valence-corrected chi connectivity index (χ3v) is 8.10. The van der Waals surface area contributed by atoms with E-state index in [2.05, 4.69) is 5.32 Å². The molecule has 4 aromatic rings. The summed E-state index contributed by atoms with van der Waals surface area (Å²) in [5.41, 5.74) is 5.09. The van der Waals surface area contributed by atoms with Crippen molar-refractivity contribution in [1.82, 2.24) is 19.7 Å². The topological polar surface area (TPSA) is 70.3 Å². The second-order valence-corrected chi connectivity index (χ2v) is 10.3. The van der Waals surface area contributed by atoms with E-state index in [0.717, 1.165) is 58.7 Å². The average molecular weight is 537 g/mol. The van der Waals surface area contributed by atoms with Crippen LogP contribution in [-0.4, -0.2) is 35.1 Å². The number of ether oxygens (including phenoxy) is 2. The maximum atomic E-state index is 15.2. The lowest BCUT2D eigenvalue weighted by molar-refractivity contribution is -0.0820. The largest absolute Gasteiger partial charge is 0.489 e. The van der Waals surface area contributed by atoms with Gasteiger partial charge in [0.25, 0.3) is 5.56 Å². The monoisotopic (exact) mass is 536 g/mol. The molecule has 1 fully saturated rings. The lowest BCUT2D eigenvalue weighted by Gasteiger charge is -2.39. The van der Waals surface area contributed by atoms with E-state index < -0.39 is 17.2 Å². The second-order valence-electron chi connectivity index (χ2n) is 10.3. The van der Waals surface area contributed by atoms with Crippen LogP contribution >= 0.6 is 0 Å². The summed E-state index contributed by atoms with van der Waals surface area (Å²) in [6.07, 6.45) is 3.36. The van der Waals surface area contributed by atoms with Crippen LogP contribution in [0.1, 0.15) is 41.8 Å². The fourth-order valence-corrected chi connectivity index (χ4v) is 5.54. The van der Waals surface area contributed by atoms with Gasteiger partial charge in [0.15, 0.2) is 11.6 Å². The number of nitrogens with zero attached hydrogens (tertiary/aromatic N) is 3. The molecule has 0 spiro atoms. The first-order valence-corrected chi connectivity index (χ1v) is 13.2. The number of hydrogen-bond donors (Lipinski definition) is 1. The molecule has 1 N–H and O–H groups in total. The maximum absolute atomic E-state index is 15.2. The van der Waals surface area contributed by atoms with Crippen LogP contribution in [0.15, 0.2) is 41.2 Å². The van der Waals surface area contributed by atoms with Crippen LogP contribution in [0.25, 0.3) is 22.0 Å². The van der Waals surface area contributed by atoms with Crippen LogP contribution in [0.3, 0.4) is 0 Å². The van der Waals surface area contributed by atoms with Gasteiger partial charge in [-0.05, 0) is 68.6 Å². The number of aromatic nitrogens is 3. The van der Waals surface area contributed by atoms with Crippen LogP contribution in [0, 0.1) is 18.6 Å². The highest BCUT2D eigenvalue weighted by molar-refractivity contribution is 5.88. The molecule has 2 heterocycles. The maximum Gasteiger partial charge on any atom is 0.251 e. The van der Waals surface area contributed by atoms with Crippen LogP contribution in [0.4, 0.5) is 8.78 Å². The highest BCUT2D eigenvalue weighted by atomic mass is 19.2. The van der Waals surface area contributed by atoms with Gasteiger partial charge >= 0.3 is 0 Å². The van der Waals surface area contributed by atoms with E-state index in [0.29, 0.717) is 24.1 Å². The van der Waals surface area contributed by atoms with Crippen molar-refractivity contribution in [3.8, 4) is 16.9 Å². The van der Waals surface area contributed by atoms with Gasteiger partial charge in [0.05, 0.1) is 17.8 Å². The van der Waals surface area contributed by atoms with Crippen molar-refractivity contribution in [3.05, 3.63) is 80.9 Å². The highest BCUT2D eigenvalue weighted by Crippen LogP contribution is 2.45. The first-order chi connectivity index (χ1) is 18.7. The van der Waals surface area contributed by atoms with E-state index in [4.69, 9.17) is 14.6 Å². The van der Waals surface area contributed by atoms with Crippen molar-refractivity contribution in [3.63, 3.8) is 0 Å². The summed E-state index contributed by atoms with van der Waals surface area (Å²) in [5, 5.41) is 8.67. The minimum absolute atomic E-state index is 0.112. The Hall–Kier alpha value is -3.56. The van der Waals surface area contributed by atoms with E-state index >= 15 is 4.39 Å². The number of benzene rings is 2. The molecule has 0 amide bonds. The Kier molecular flexibility index (Phi) is 7.31. The molecule has 5 rings (SSSR count). The van der Waals surface area contributed by atoms with Gasteiger partial charge in [-0.15, -0.1) is 0 Å². The summed E-state index contributed by atoms with van der Waals surface area (Å²) < 4.78 is 44.9. The van der Waals surface area contributed by atoms with Crippen molar-refractivity contribution >= 4 is 10.9 Å². The lowest BCUT2D eigenvalue weighted by atomic mass is 9.76. The molecule has 1 saturated carbocycles. The van der Waals surface area contributed by atoms with Crippen molar-refractivity contribution in [2.75, 3.05) is 20.8 Å². The zero-order valence-corrected chi connectivity index (χ0v) is 23.0. The van der Waals surface area contributed by atoms with Crippen molar-refractivity contribution in [1.29, 1.82) is 0 Å². The van der Waals surface area contributed by atoms with Gasteiger partial charge in [-0.1, -0.05) is 6.07 Å². The summed E-state index contributed by atoms with van der Waals surface area (Å²) in [4.78, 5) is 12.4. The van der Waals surface area contributed by atoms with Gasteiger partial charge < -0.3 is 19.4 Å². The molecule has 0 radical (unpaired) electrons. The smallest absolute Gasteiger partial charge is 0.251 e. The number of nitrogens with one attached hydrogen (secondary N) is 1. The summed E-state index contributed by atoms with van der Waals surface area (Å²) in [6, 6.07) is 9.75. The Morgan fingerprint density at radius 1 is 1.13 bits per heavy atom.